The highest BCUT2D eigenvalue weighted by Gasteiger charge is 2.34. The summed E-state index contributed by atoms with van der Waals surface area (Å²) < 4.78 is 0.863. The number of nitrogens with zero attached hydrogens (tertiary/aromatic N) is 2. The molecule has 5 heteroatoms. The number of halogens is 1. The van der Waals surface area contributed by atoms with Gasteiger partial charge in [-0.3, -0.25) is 9.80 Å². The molecule has 3 rings (SSSR count). The summed E-state index contributed by atoms with van der Waals surface area (Å²) in [6, 6.07) is 5.33. The summed E-state index contributed by atoms with van der Waals surface area (Å²) in [7, 11) is 0. The maximum atomic E-state index is 6.29. The van der Waals surface area contributed by atoms with Crippen molar-refractivity contribution in [1.82, 2.24) is 9.80 Å². The average Bonchev–Trinajstić information content (AvgIpc) is 2.85. The predicted octanol–water partition coefficient (Wildman–Crippen LogP) is 2.96. The molecule has 0 radical (unpaired) electrons. The molecule has 3 unspecified atom stereocenters. The van der Waals surface area contributed by atoms with E-state index in [1.165, 1.54) is 37.2 Å². The molecule has 2 saturated heterocycles. The zero-order valence-corrected chi connectivity index (χ0v) is 13.7. The van der Waals surface area contributed by atoms with E-state index in [2.05, 4.69) is 22.8 Å². The van der Waals surface area contributed by atoms with Crippen LogP contribution in [0.25, 0.3) is 0 Å². The van der Waals surface area contributed by atoms with Gasteiger partial charge in [-0.1, -0.05) is 18.0 Å². The third kappa shape index (κ3) is 3.04. The molecule has 2 aliphatic rings. The lowest BCUT2D eigenvalue weighted by Gasteiger charge is -2.47. The first-order chi connectivity index (χ1) is 9.65. The molecule has 0 saturated carbocycles. The van der Waals surface area contributed by atoms with Gasteiger partial charge in [0.2, 0.25) is 0 Å². The second-order valence-corrected chi connectivity index (χ2v) is 7.87. The molecule has 3 atom stereocenters. The minimum absolute atomic E-state index is 0.139. The van der Waals surface area contributed by atoms with E-state index in [0.29, 0.717) is 6.04 Å². The van der Waals surface area contributed by atoms with Gasteiger partial charge in [0.1, 0.15) is 0 Å². The Labute approximate surface area is 130 Å². The van der Waals surface area contributed by atoms with Gasteiger partial charge in [0, 0.05) is 36.6 Å². The van der Waals surface area contributed by atoms with Gasteiger partial charge in [-0.25, -0.2) is 0 Å². The fourth-order valence-electron chi connectivity index (χ4n) is 3.69. The van der Waals surface area contributed by atoms with Crippen LogP contribution in [-0.2, 0) is 0 Å². The molecule has 0 spiro atoms. The van der Waals surface area contributed by atoms with Gasteiger partial charge in [0.15, 0.2) is 0 Å². The number of hydrogen-bond donors (Lipinski definition) is 1. The van der Waals surface area contributed by atoms with Crippen LogP contribution < -0.4 is 5.73 Å². The molecule has 2 fully saturated rings. The molecule has 20 heavy (non-hydrogen) atoms. The predicted molar refractivity (Wildman–Crippen MR) is 86.5 cm³/mol. The van der Waals surface area contributed by atoms with Crippen LogP contribution >= 0.6 is 22.9 Å². The summed E-state index contributed by atoms with van der Waals surface area (Å²) in [6.45, 7) is 6.87. The maximum absolute atomic E-state index is 6.29. The van der Waals surface area contributed by atoms with Crippen molar-refractivity contribution in [3.8, 4) is 0 Å². The Hall–Kier alpha value is -0.130. The average molecular weight is 314 g/mol. The Kier molecular flexibility index (Phi) is 4.68. The molecular formula is C15H24ClN3S. The van der Waals surface area contributed by atoms with Crippen molar-refractivity contribution in [3.05, 3.63) is 21.3 Å². The van der Waals surface area contributed by atoms with E-state index in [4.69, 9.17) is 17.3 Å². The van der Waals surface area contributed by atoms with E-state index in [0.717, 1.165) is 23.5 Å². The van der Waals surface area contributed by atoms with E-state index in [9.17, 15) is 0 Å². The number of nitrogens with two attached hydrogens (primary N) is 1. The topological polar surface area (TPSA) is 32.5 Å². The van der Waals surface area contributed by atoms with E-state index in [1.54, 1.807) is 11.3 Å². The third-order valence-electron chi connectivity index (χ3n) is 4.65. The van der Waals surface area contributed by atoms with Crippen LogP contribution in [0.1, 0.15) is 37.1 Å². The molecule has 2 N–H and O–H groups in total. The number of rotatable bonds is 3. The van der Waals surface area contributed by atoms with Crippen molar-refractivity contribution >= 4 is 22.9 Å². The quantitative estimate of drug-likeness (QED) is 0.931. The van der Waals surface area contributed by atoms with Gasteiger partial charge < -0.3 is 5.73 Å². The molecule has 1 aromatic heterocycles. The van der Waals surface area contributed by atoms with Crippen molar-refractivity contribution in [2.24, 2.45) is 5.73 Å². The van der Waals surface area contributed by atoms with E-state index in [-0.39, 0.29) is 6.04 Å². The lowest BCUT2D eigenvalue weighted by molar-refractivity contribution is 0.0228. The van der Waals surface area contributed by atoms with Crippen LogP contribution in [0.4, 0.5) is 0 Å². The first kappa shape index (κ1) is 14.8. The lowest BCUT2D eigenvalue weighted by atomic mass is 9.97. The zero-order valence-electron chi connectivity index (χ0n) is 12.1. The highest BCUT2D eigenvalue weighted by atomic mass is 35.5. The first-order valence-electron chi connectivity index (χ1n) is 7.64. The molecule has 0 aromatic carbocycles. The second-order valence-electron chi connectivity index (χ2n) is 6.13. The molecule has 3 nitrogen and oxygen atoms in total. The Bertz CT molecular complexity index is 448. The van der Waals surface area contributed by atoms with E-state index < -0.39 is 0 Å². The highest BCUT2D eigenvalue weighted by Crippen LogP contribution is 2.34. The summed E-state index contributed by atoms with van der Waals surface area (Å²) in [5.74, 6) is 0. The zero-order chi connectivity index (χ0) is 14.1. The van der Waals surface area contributed by atoms with E-state index in [1.807, 2.05) is 6.07 Å². The molecule has 0 aliphatic carbocycles. The number of fused-ring (bicyclic) bond motifs is 1. The largest absolute Gasteiger partial charge is 0.326 e. The Morgan fingerprint density at radius 3 is 2.85 bits per heavy atom. The van der Waals surface area contributed by atoms with Crippen molar-refractivity contribution in [1.29, 1.82) is 0 Å². The van der Waals surface area contributed by atoms with Gasteiger partial charge in [-0.2, -0.15) is 0 Å². The third-order valence-corrected chi connectivity index (χ3v) is 5.95. The summed E-state index contributed by atoms with van der Waals surface area (Å²) in [5.41, 5.74) is 6.29. The van der Waals surface area contributed by atoms with Crippen LogP contribution in [0.5, 0.6) is 0 Å². The molecule has 1 aromatic rings. The van der Waals surface area contributed by atoms with Crippen molar-refractivity contribution < 1.29 is 0 Å². The summed E-state index contributed by atoms with van der Waals surface area (Å²) in [6.07, 6.45) is 4.09. The summed E-state index contributed by atoms with van der Waals surface area (Å²) >= 11 is 7.79. The highest BCUT2D eigenvalue weighted by molar-refractivity contribution is 7.16. The van der Waals surface area contributed by atoms with Gasteiger partial charge in [-0.05, 0) is 38.4 Å². The number of hydrogen-bond acceptors (Lipinski definition) is 4. The van der Waals surface area contributed by atoms with Crippen molar-refractivity contribution in [2.45, 2.75) is 44.3 Å². The monoisotopic (exact) mass is 313 g/mol. The molecule has 3 heterocycles. The smallest absolute Gasteiger partial charge is 0.0931 e. The maximum Gasteiger partial charge on any atom is 0.0931 e. The normalized spacial score (nSPS) is 28.1. The number of piperidine rings is 1. The molecule has 112 valence electrons. The second kappa shape index (κ2) is 6.32. The van der Waals surface area contributed by atoms with Crippen LogP contribution in [-0.4, -0.2) is 48.1 Å². The Morgan fingerprint density at radius 1 is 1.30 bits per heavy atom. The SMILES string of the molecule is CC(N)C(c1ccc(Cl)s1)N1CCN2CCCCC2C1. The molecule has 2 aliphatic heterocycles. The number of piperazine rings is 1. The van der Waals surface area contributed by atoms with Gasteiger partial charge in [-0.15, -0.1) is 11.3 Å². The molecule has 0 amide bonds. The van der Waals surface area contributed by atoms with Crippen LogP contribution in [0.2, 0.25) is 4.34 Å². The molecular weight excluding hydrogens is 290 g/mol. The first-order valence-corrected chi connectivity index (χ1v) is 8.83. The molecule has 0 bridgehead atoms. The van der Waals surface area contributed by atoms with Crippen LogP contribution in [0, 0.1) is 0 Å². The number of thiophene rings is 1. The standard InChI is InChI=1S/C15H24ClN3S/c1-11(17)15(13-5-6-14(16)20-13)19-9-8-18-7-3-2-4-12(18)10-19/h5-6,11-12,15H,2-4,7-10,17H2,1H3. The summed E-state index contributed by atoms with van der Waals surface area (Å²) in [5, 5.41) is 0. The fraction of sp³-hybridized carbons (Fsp3) is 0.733. The van der Waals surface area contributed by atoms with Crippen LogP contribution in [0.15, 0.2) is 12.1 Å². The van der Waals surface area contributed by atoms with Crippen LogP contribution in [0.3, 0.4) is 0 Å². The van der Waals surface area contributed by atoms with Crippen molar-refractivity contribution in [2.75, 3.05) is 26.2 Å². The lowest BCUT2D eigenvalue weighted by Crippen LogP contribution is -2.57. The van der Waals surface area contributed by atoms with Gasteiger partial charge in [0.25, 0.3) is 0 Å². The minimum Gasteiger partial charge on any atom is -0.326 e. The Balaban J connectivity index is 1.75. The fourth-order valence-corrected chi connectivity index (χ4v) is 5.00. The van der Waals surface area contributed by atoms with Gasteiger partial charge in [0.05, 0.1) is 10.4 Å². The Morgan fingerprint density at radius 2 is 2.15 bits per heavy atom. The van der Waals surface area contributed by atoms with Crippen molar-refractivity contribution in [3.63, 3.8) is 0 Å². The summed E-state index contributed by atoms with van der Waals surface area (Å²) in [4.78, 5) is 6.56. The van der Waals surface area contributed by atoms with Gasteiger partial charge >= 0.3 is 0 Å². The van der Waals surface area contributed by atoms with E-state index >= 15 is 0 Å². The minimum atomic E-state index is 0.139.